The Balaban J connectivity index is 2.03. The van der Waals surface area contributed by atoms with E-state index in [1.807, 2.05) is 36.4 Å². The summed E-state index contributed by atoms with van der Waals surface area (Å²) in [7, 11) is 0. The Kier molecular flexibility index (Phi) is 4.49. The van der Waals surface area contributed by atoms with Gasteiger partial charge in [-0.15, -0.1) is 0 Å². The molecule has 2 aromatic carbocycles. The van der Waals surface area contributed by atoms with E-state index < -0.39 is 0 Å². The third kappa shape index (κ3) is 2.52. The topological polar surface area (TPSA) is 29.5 Å². The van der Waals surface area contributed by atoms with E-state index in [4.69, 9.17) is 4.74 Å². The van der Waals surface area contributed by atoms with Gasteiger partial charge in [-0.3, -0.25) is 0 Å². The number of para-hydroxylation sites is 2. The minimum absolute atomic E-state index is 0.122. The summed E-state index contributed by atoms with van der Waals surface area (Å²) < 4.78 is 6.05. The molecule has 2 heteroatoms. The van der Waals surface area contributed by atoms with Crippen LogP contribution in [-0.2, 0) is 5.41 Å². The van der Waals surface area contributed by atoms with E-state index in [0.717, 1.165) is 35.5 Å². The van der Waals surface area contributed by atoms with Crippen LogP contribution in [0.2, 0.25) is 0 Å². The highest BCUT2D eigenvalue weighted by molar-refractivity contribution is 5.57. The van der Waals surface area contributed by atoms with Crippen molar-refractivity contribution in [2.45, 2.75) is 44.4 Å². The minimum Gasteiger partial charge on any atom is -0.457 e. The Morgan fingerprint density at radius 3 is 2.00 bits per heavy atom. The molecule has 1 aliphatic heterocycles. The van der Waals surface area contributed by atoms with Gasteiger partial charge < -0.3 is 9.84 Å². The summed E-state index contributed by atoms with van der Waals surface area (Å²) in [6, 6.07) is 16.3. The second-order valence-corrected chi connectivity index (χ2v) is 6.15. The molecule has 0 fully saturated rings. The lowest BCUT2D eigenvalue weighted by atomic mass is 9.70. The van der Waals surface area contributed by atoms with Gasteiger partial charge in [0.25, 0.3) is 0 Å². The molecule has 1 aliphatic rings. The number of rotatable bonds is 6. The average Bonchev–Trinajstić information content (AvgIpc) is 2.58. The fraction of sp³-hybridized carbons (Fsp3) is 0.400. The van der Waals surface area contributed by atoms with Gasteiger partial charge in [-0.25, -0.2) is 0 Å². The zero-order chi connectivity index (χ0) is 15.4. The fourth-order valence-corrected chi connectivity index (χ4v) is 3.54. The van der Waals surface area contributed by atoms with Crippen LogP contribution in [0.25, 0.3) is 0 Å². The first kappa shape index (κ1) is 15.1. The summed E-state index contributed by atoms with van der Waals surface area (Å²) in [6.45, 7) is 2.34. The molecule has 0 radical (unpaired) electrons. The zero-order valence-corrected chi connectivity index (χ0v) is 13.2. The quantitative estimate of drug-likeness (QED) is 0.757. The van der Waals surface area contributed by atoms with Gasteiger partial charge in [0, 0.05) is 11.1 Å². The molecule has 22 heavy (non-hydrogen) atoms. The molecule has 0 spiro atoms. The van der Waals surface area contributed by atoms with Crippen molar-refractivity contribution in [2.75, 3.05) is 6.61 Å². The van der Waals surface area contributed by atoms with Gasteiger partial charge in [0.05, 0.1) is 12.0 Å². The number of aliphatic hydroxyl groups excluding tert-OH is 1. The van der Waals surface area contributed by atoms with E-state index in [2.05, 4.69) is 19.1 Å². The van der Waals surface area contributed by atoms with Crippen molar-refractivity contribution in [1.82, 2.24) is 0 Å². The summed E-state index contributed by atoms with van der Waals surface area (Å²) in [5.41, 5.74) is 1.90. The molecule has 0 saturated carbocycles. The Labute approximate surface area is 132 Å². The van der Waals surface area contributed by atoms with Gasteiger partial charge in [-0.2, -0.15) is 0 Å². The predicted molar refractivity (Wildman–Crippen MR) is 89.6 cm³/mol. The Bertz CT molecular complexity index is 588. The normalized spacial score (nSPS) is 14.8. The molecule has 3 rings (SSSR count). The number of fused-ring (bicyclic) bond motifs is 2. The maximum absolute atomic E-state index is 10.3. The zero-order valence-electron chi connectivity index (χ0n) is 13.2. The molecule has 0 aliphatic carbocycles. The number of ether oxygens (including phenoxy) is 1. The van der Waals surface area contributed by atoms with Crippen molar-refractivity contribution in [3.63, 3.8) is 0 Å². The van der Waals surface area contributed by atoms with Crippen LogP contribution in [0.4, 0.5) is 0 Å². The Morgan fingerprint density at radius 2 is 1.45 bits per heavy atom. The van der Waals surface area contributed by atoms with Gasteiger partial charge >= 0.3 is 0 Å². The first-order chi connectivity index (χ1) is 10.8. The van der Waals surface area contributed by atoms with Crippen LogP contribution in [0.15, 0.2) is 48.5 Å². The molecule has 1 N–H and O–H groups in total. The predicted octanol–water partition coefficient (Wildman–Crippen LogP) is 5.04. The molecule has 0 saturated heterocycles. The highest BCUT2D eigenvalue weighted by Gasteiger charge is 2.40. The van der Waals surface area contributed by atoms with E-state index in [9.17, 15) is 5.11 Å². The summed E-state index contributed by atoms with van der Waals surface area (Å²) in [6.07, 6.45) is 5.77. The molecule has 0 amide bonds. The standard InChI is InChI=1S/C20H24O2/c1-2-3-4-9-14-20(15-21)16-10-5-7-12-18(16)22-19-13-8-6-11-17(19)20/h5-8,10-13,21H,2-4,9,14-15H2,1H3. The largest absolute Gasteiger partial charge is 0.457 e. The van der Waals surface area contributed by atoms with Crippen molar-refractivity contribution in [2.24, 2.45) is 0 Å². The molecule has 2 nitrogen and oxygen atoms in total. The molecule has 0 unspecified atom stereocenters. The van der Waals surface area contributed by atoms with Crippen LogP contribution in [0.3, 0.4) is 0 Å². The smallest absolute Gasteiger partial charge is 0.131 e. The van der Waals surface area contributed by atoms with Crippen molar-refractivity contribution in [1.29, 1.82) is 0 Å². The van der Waals surface area contributed by atoms with Gasteiger partial charge in [-0.05, 0) is 18.6 Å². The lowest BCUT2D eigenvalue weighted by Gasteiger charge is -2.39. The number of hydrogen-bond donors (Lipinski definition) is 1. The number of unbranched alkanes of at least 4 members (excludes halogenated alkanes) is 3. The van der Waals surface area contributed by atoms with Gasteiger partial charge in [-0.1, -0.05) is 69.0 Å². The first-order valence-corrected chi connectivity index (χ1v) is 8.29. The highest BCUT2D eigenvalue weighted by atomic mass is 16.5. The molecule has 1 heterocycles. The molecule has 0 atom stereocenters. The minimum atomic E-state index is -0.334. The van der Waals surface area contributed by atoms with Crippen LogP contribution in [0, 0.1) is 0 Å². The molecular formula is C20H24O2. The monoisotopic (exact) mass is 296 g/mol. The van der Waals surface area contributed by atoms with Gasteiger partial charge in [0.1, 0.15) is 11.5 Å². The number of hydrogen-bond acceptors (Lipinski definition) is 2. The van der Waals surface area contributed by atoms with Crippen LogP contribution in [0.5, 0.6) is 11.5 Å². The molecule has 116 valence electrons. The maximum atomic E-state index is 10.3. The Morgan fingerprint density at radius 1 is 0.864 bits per heavy atom. The van der Waals surface area contributed by atoms with E-state index in [1.54, 1.807) is 0 Å². The maximum Gasteiger partial charge on any atom is 0.131 e. The Hall–Kier alpha value is -1.80. The lowest BCUT2D eigenvalue weighted by molar-refractivity contribution is 0.196. The molecule has 0 aromatic heterocycles. The van der Waals surface area contributed by atoms with Crippen LogP contribution >= 0.6 is 0 Å². The van der Waals surface area contributed by atoms with E-state index in [1.165, 1.54) is 19.3 Å². The van der Waals surface area contributed by atoms with E-state index in [-0.39, 0.29) is 12.0 Å². The summed E-state index contributed by atoms with van der Waals surface area (Å²) >= 11 is 0. The van der Waals surface area contributed by atoms with Crippen molar-refractivity contribution in [3.05, 3.63) is 59.7 Å². The van der Waals surface area contributed by atoms with Gasteiger partial charge in [0.2, 0.25) is 0 Å². The number of benzene rings is 2. The van der Waals surface area contributed by atoms with Crippen molar-refractivity contribution < 1.29 is 9.84 Å². The number of aliphatic hydroxyl groups is 1. The van der Waals surface area contributed by atoms with Crippen LogP contribution in [-0.4, -0.2) is 11.7 Å². The molecule has 0 bridgehead atoms. The van der Waals surface area contributed by atoms with E-state index >= 15 is 0 Å². The summed E-state index contributed by atoms with van der Waals surface area (Å²) in [5, 5.41) is 10.3. The fourth-order valence-electron chi connectivity index (χ4n) is 3.54. The second-order valence-electron chi connectivity index (χ2n) is 6.15. The van der Waals surface area contributed by atoms with Gasteiger partial charge in [0.15, 0.2) is 0 Å². The van der Waals surface area contributed by atoms with Crippen molar-refractivity contribution >= 4 is 0 Å². The summed E-state index contributed by atoms with van der Waals surface area (Å²) in [4.78, 5) is 0. The summed E-state index contributed by atoms with van der Waals surface area (Å²) in [5.74, 6) is 1.76. The third-order valence-corrected chi connectivity index (χ3v) is 4.75. The van der Waals surface area contributed by atoms with Crippen molar-refractivity contribution in [3.8, 4) is 11.5 Å². The van der Waals surface area contributed by atoms with E-state index in [0.29, 0.717) is 0 Å². The molecule has 2 aromatic rings. The SMILES string of the molecule is CCCCCCC1(CO)c2ccccc2Oc2ccccc21. The second kappa shape index (κ2) is 6.53. The van der Waals surface area contributed by atoms with Crippen LogP contribution < -0.4 is 4.74 Å². The van der Waals surface area contributed by atoms with Crippen LogP contribution in [0.1, 0.15) is 50.2 Å². The lowest BCUT2D eigenvalue weighted by Crippen LogP contribution is -2.35. The first-order valence-electron chi connectivity index (χ1n) is 8.29. The highest BCUT2D eigenvalue weighted by Crippen LogP contribution is 2.50. The average molecular weight is 296 g/mol. The third-order valence-electron chi connectivity index (χ3n) is 4.75. The molecular weight excluding hydrogens is 272 g/mol.